The Labute approximate surface area is 869 Å². The molecule has 3 aromatic carbocycles. The van der Waals surface area contributed by atoms with E-state index in [1.807, 2.05) is 20.8 Å². The number of piperidine rings is 3. The Morgan fingerprint density at radius 2 is 0.585 bits per heavy atom. The van der Waals surface area contributed by atoms with Crippen molar-refractivity contribution in [2.45, 2.75) is 456 Å². The molecule has 810 valence electrons. The first kappa shape index (κ1) is 115. The second-order valence-corrected chi connectivity index (χ2v) is 43.0. The van der Waals surface area contributed by atoms with E-state index in [0.29, 0.717) is 125 Å². The normalized spacial score (nSPS) is 17.1. The second kappa shape index (κ2) is 62.5. The van der Waals surface area contributed by atoms with Crippen molar-refractivity contribution in [2.24, 2.45) is 0 Å². The molecular formula is C118H172F4N12O13. The van der Waals surface area contributed by atoms with Gasteiger partial charge in [-0.1, -0.05) is 247 Å². The maximum absolute atomic E-state index is 13.6. The van der Waals surface area contributed by atoms with E-state index in [1.54, 1.807) is 31.9 Å². The Morgan fingerprint density at radius 3 is 0.837 bits per heavy atom. The Morgan fingerprint density at radius 1 is 0.340 bits per heavy atom. The zero-order valence-corrected chi connectivity index (χ0v) is 89.3. The molecule has 1 N–H and O–H groups in total. The van der Waals surface area contributed by atoms with E-state index in [2.05, 4.69) is 37.1 Å². The van der Waals surface area contributed by atoms with Gasteiger partial charge in [0.2, 0.25) is 0 Å². The monoisotopic (exact) mass is 2040 g/mol. The van der Waals surface area contributed by atoms with Crippen LogP contribution in [0, 0.1) is 38.2 Å². The van der Waals surface area contributed by atoms with Crippen LogP contribution >= 0.6 is 0 Å². The van der Waals surface area contributed by atoms with Crippen LogP contribution in [0.4, 0.5) is 17.6 Å². The van der Waals surface area contributed by atoms with Crippen LogP contribution < -0.4 is 16.7 Å². The fourth-order valence-electron chi connectivity index (χ4n) is 23.0. The van der Waals surface area contributed by atoms with Crippen molar-refractivity contribution in [3.8, 4) is 0 Å². The fourth-order valence-corrected chi connectivity index (χ4v) is 23.0. The Bertz CT molecular complexity index is 5130. The minimum atomic E-state index is -0.464. The van der Waals surface area contributed by atoms with Crippen molar-refractivity contribution < 1.29 is 64.8 Å². The van der Waals surface area contributed by atoms with E-state index in [-0.39, 0.29) is 76.5 Å². The topological polar surface area (TPSA) is 292 Å². The number of likely N-dealkylation sites (tertiary alicyclic amines) is 3. The number of nitrogens with zero attached hydrogens (tertiary/aromatic N) is 12. The lowest BCUT2D eigenvalue weighted by Gasteiger charge is -2.31. The number of hydrogen-bond donors (Lipinski definition) is 1. The van der Waals surface area contributed by atoms with Crippen LogP contribution in [0.1, 0.15) is 464 Å². The van der Waals surface area contributed by atoms with Crippen LogP contribution in [0.25, 0.3) is 32.9 Å². The first-order chi connectivity index (χ1) is 71.8. The summed E-state index contributed by atoms with van der Waals surface area (Å²) in [6, 6.07) is 13.8. The van der Waals surface area contributed by atoms with Crippen molar-refractivity contribution in [2.75, 3.05) is 72.2 Å². The third kappa shape index (κ3) is 35.7. The number of alkyl halides is 1. The number of carbonyl (C=O) groups excluding carboxylic acids is 3. The minimum Gasteiger partial charge on any atom is -0.454 e. The molecule has 147 heavy (non-hydrogen) atoms. The molecule has 0 aliphatic carbocycles. The molecule has 6 aliphatic heterocycles. The van der Waals surface area contributed by atoms with E-state index in [0.717, 1.165) is 261 Å². The van der Waals surface area contributed by atoms with Gasteiger partial charge in [0.05, 0.1) is 23.8 Å². The summed E-state index contributed by atoms with van der Waals surface area (Å²) < 4.78 is 91.9. The van der Waals surface area contributed by atoms with Crippen molar-refractivity contribution >= 4 is 50.8 Å². The third-order valence-corrected chi connectivity index (χ3v) is 31.9. The highest BCUT2D eigenvalue weighted by molar-refractivity contribution is 5.81. The van der Waals surface area contributed by atoms with Crippen molar-refractivity contribution in [1.82, 2.24) is 58.8 Å². The Kier molecular flexibility index (Phi) is 48.8. The summed E-state index contributed by atoms with van der Waals surface area (Å²) in [5.74, 6) is 1.06. The van der Waals surface area contributed by atoms with Gasteiger partial charge in [-0.05, 0) is 225 Å². The summed E-state index contributed by atoms with van der Waals surface area (Å²) in [5, 5.41) is 24.3. The molecule has 15 rings (SSSR count). The van der Waals surface area contributed by atoms with E-state index in [4.69, 9.17) is 47.8 Å². The number of esters is 3. The van der Waals surface area contributed by atoms with Gasteiger partial charge in [-0.3, -0.25) is 46.9 Å². The number of aryl methyl sites for hydroxylation is 3. The number of ether oxygens (including phenoxy) is 3. The number of halogens is 4. The van der Waals surface area contributed by atoms with Crippen LogP contribution in [-0.4, -0.2) is 154 Å². The maximum atomic E-state index is 13.6. The number of aromatic nitrogens is 9. The fraction of sp³-hybridized carbons (Fsp3) is 0.695. The lowest BCUT2D eigenvalue weighted by Crippen LogP contribution is -2.38. The first-order valence-corrected chi connectivity index (χ1v) is 57.7. The zero-order chi connectivity index (χ0) is 103. The summed E-state index contributed by atoms with van der Waals surface area (Å²) in [7, 11) is 0. The van der Waals surface area contributed by atoms with Gasteiger partial charge in [0.15, 0.2) is 52.5 Å². The minimum absolute atomic E-state index is 0.00233. The molecule has 0 bridgehead atoms. The lowest BCUT2D eigenvalue weighted by molar-refractivity contribution is -0.152. The summed E-state index contributed by atoms with van der Waals surface area (Å²) >= 11 is 0. The van der Waals surface area contributed by atoms with Crippen molar-refractivity contribution in [3.63, 3.8) is 0 Å². The number of fused-ring (bicyclic) bond motifs is 6. The molecule has 0 saturated carbocycles. The van der Waals surface area contributed by atoms with Gasteiger partial charge in [-0.2, -0.15) is 0 Å². The number of aliphatic hydroxyl groups excluding tert-OH is 1. The number of rotatable bonds is 60. The number of unbranched alkanes of at least 4 members (excludes halogenated alkanes) is 37. The molecule has 3 unspecified atom stereocenters. The van der Waals surface area contributed by atoms with E-state index in [9.17, 15) is 46.3 Å². The average Bonchev–Trinajstić information content (AvgIpc) is 1.43. The quantitative estimate of drug-likeness (QED) is 0.0160. The van der Waals surface area contributed by atoms with Gasteiger partial charge < -0.3 is 47.6 Å². The molecule has 25 nitrogen and oxygen atoms in total. The summed E-state index contributed by atoms with van der Waals surface area (Å²) in [4.78, 5) is 101. The largest absolute Gasteiger partial charge is 0.454 e. The highest BCUT2D eigenvalue weighted by Crippen LogP contribution is 2.39. The smallest absolute Gasteiger partial charge is 0.306 e. The van der Waals surface area contributed by atoms with E-state index < -0.39 is 18.3 Å². The Hall–Kier alpha value is -9.32. The Balaban J connectivity index is 0.000000184. The molecule has 0 amide bonds. The highest BCUT2D eigenvalue weighted by Gasteiger charge is 2.36. The van der Waals surface area contributed by atoms with Crippen LogP contribution in [0.5, 0.6) is 0 Å². The molecule has 9 aromatic rings. The molecule has 0 spiro atoms. The van der Waals surface area contributed by atoms with Gasteiger partial charge in [0.1, 0.15) is 17.5 Å². The summed E-state index contributed by atoms with van der Waals surface area (Å²) in [5.41, 5.74) is 8.64. The summed E-state index contributed by atoms with van der Waals surface area (Å²) in [6.45, 7) is 17.6. The molecule has 29 heteroatoms. The van der Waals surface area contributed by atoms with Gasteiger partial charge in [-0.15, -0.1) is 0 Å². The van der Waals surface area contributed by atoms with Gasteiger partial charge in [0, 0.05) is 151 Å². The van der Waals surface area contributed by atoms with E-state index >= 15 is 0 Å². The maximum Gasteiger partial charge on any atom is 0.306 e. The third-order valence-electron chi connectivity index (χ3n) is 31.9. The second-order valence-electron chi connectivity index (χ2n) is 43.0. The van der Waals surface area contributed by atoms with Crippen LogP contribution in [-0.2, 0) is 67.5 Å². The highest BCUT2D eigenvalue weighted by atomic mass is 19.1. The number of hydrogen-bond acceptors (Lipinski definition) is 22. The first-order valence-electron chi connectivity index (χ1n) is 57.7. The molecule has 6 aliphatic rings. The molecule has 3 fully saturated rings. The van der Waals surface area contributed by atoms with Crippen LogP contribution in [0.15, 0.2) is 82.6 Å². The summed E-state index contributed by atoms with van der Waals surface area (Å²) in [6.07, 6.45) is 59.8. The van der Waals surface area contributed by atoms with Gasteiger partial charge in [0.25, 0.3) is 16.7 Å². The SMILES string of the molecule is CCCCCCCCCCCCCCCCC(=O)OC1CCCn2c1nc(C)c(CCN1CCC(c3noc4cc(F)ccc34)CC1)c2=O.Cc1nc2n(c(=O)c1CCN1CCC(c3noc4cc(F)ccc34)CC1)CCCC2OC(=O)CCCCCCCCCCCCCCCF.Cc1nc2n(c(=O)c1CCN1CCC(c3noc4cc(F)ccc34)CC1)CCCC2OC(=O)CCCCCCCCCCCCCCCO. The molecule has 6 aromatic heterocycles. The zero-order valence-electron chi connectivity index (χ0n) is 89.3. The van der Waals surface area contributed by atoms with Crippen molar-refractivity contribution in [1.29, 1.82) is 0 Å². The predicted molar refractivity (Wildman–Crippen MR) is 569 cm³/mol. The lowest BCUT2D eigenvalue weighted by atomic mass is 9.91. The van der Waals surface area contributed by atoms with Crippen LogP contribution in [0.3, 0.4) is 0 Å². The van der Waals surface area contributed by atoms with Gasteiger partial charge in [-0.25, -0.2) is 28.1 Å². The molecule has 3 atom stereocenters. The van der Waals surface area contributed by atoms with Crippen LogP contribution in [0.2, 0.25) is 0 Å². The number of benzene rings is 3. The average molecular weight is 2040 g/mol. The molecule has 0 radical (unpaired) electrons. The van der Waals surface area contributed by atoms with Crippen molar-refractivity contribution in [3.05, 3.63) is 171 Å². The molecule has 12 heterocycles. The standard InChI is InChI=1S/C40H59FN4O4.C39H56F2N4O4.C39H57FN4O5/c1-3-4-5-6-7-8-9-10-11-12-13-14-15-16-19-37(46)48-35-18-17-25-45-39(35)42-30(2)33(40(45)47)24-28-44-26-22-31(23-27-44)38-34-21-20-32(41)29-36(34)49-43-38;1-29-32(22-27-44-25-20-30(21-26-44)37-33-19-18-31(41)28-35(33)49-43-37)39(47)45-24-15-16-34(38(45)42-29)48-36(46)17-13-11-9-7-5-3-2-4-6-8-10-12-14-23-40;1-29-32(22-26-43-24-20-30(21-25-43)37-33-19-18-31(40)28-35(33)49-42-37)39(47)44-23-15-16-34(38(44)41-29)48-36(46)17-13-11-9-7-5-3-2-4-6-8-10-12-14-27-45/h20-21,29,31,35H,3-19,22-28H2,1-2H3;18-19,28,30,34H,2-17,20-27H2,1H3;18-19,28,30,34,45H,2-17,20-27H2,1H3. The number of carbonyl (C=O) groups is 3. The predicted octanol–water partition coefficient (Wildman–Crippen LogP) is 26.7. The van der Waals surface area contributed by atoms with E-state index in [1.165, 1.54) is 210 Å². The number of aliphatic hydroxyl groups is 1. The van der Waals surface area contributed by atoms with Gasteiger partial charge >= 0.3 is 17.9 Å². The molecule has 3 saturated heterocycles. The molecular weight excluding hydrogens is 1870 g/mol.